The van der Waals surface area contributed by atoms with E-state index in [9.17, 15) is 13.2 Å². The summed E-state index contributed by atoms with van der Waals surface area (Å²) in [5.41, 5.74) is 0. The zero-order chi connectivity index (χ0) is 12.7. The van der Waals surface area contributed by atoms with Crippen molar-refractivity contribution in [2.75, 3.05) is 32.1 Å². The number of morpholine rings is 1. The second-order valence-corrected chi connectivity index (χ2v) is 5.82. The lowest BCUT2D eigenvalue weighted by atomic mass is 10.3. The molecule has 0 spiro atoms. The minimum absolute atomic E-state index is 0.0157. The Balaban J connectivity index is 2.21. The van der Waals surface area contributed by atoms with Gasteiger partial charge in [0.2, 0.25) is 10.0 Å². The van der Waals surface area contributed by atoms with E-state index < -0.39 is 16.0 Å². The molecule has 0 bridgehead atoms. The average molecular weight is 266 g/mol. The fourth-order valence-electron chi connectivity index (χ4n) is 1.46. The zero-order valence-electron chi connectivity index (χ0n) is 9.52. The maximum absolute atomic E-state index is 11.5. The number of sulfonamides is 1. The summed E-state index contributed by atoms with van der Waals surface area (Å²) in [6, 6.07) is -0.0157. The molecule has 1 saturated heterocycles. The van der Waals surface area contributed by atoms with Gasteiger partial charge >= 0.3 is 5.97 Å². The lowest BCUT2D eigenvalue weighted by Crippen LogP contribution is -2.48. The van der Waals surface area contributed by atoms with Gasteiger partial charge in [0.25, 0.3) is 0 Å². The Labute approximate surface area is 101 Å². The number of rotatable bonds is 7. The van der Waals surface area contributed by atoms with Crippen LogP contribution < -0.4 is 10.0 Å². The van der Waals surface area contributed by atoms with Crippen molar-refractivity contribution in [3.63, 3.8) is 0 Å². The first-order valence-electron chi connectivity index (χ1n) is 5.50. The van der Waals surface area contributed by atoms with Crippen LogP contribution in [0.25, 0.3) is 0 Å². The molecular weight excluding hydrogens is 248 g/mol. The summed E-state index contributed by atoms with van der Waals surface area (Å²) >= 11 is 0. The highest BCUT2D eigenvalue weighted by Gasteiger charge is 2.17. The lowest BCUT2D eigenvalue weighted by molar-refractivity contribution is -0.137. The molecule has 17 heavy (non-hydrogen) atoms. The number of hydrogen-bond acceptors (Lipinski definition) is 5. The molecule has 0 aromatic heterocycles. The molecule has 8 heteroatoms. The molecule has 0 amide bonds. The summed E-state index contributed by atoms with van der Waals surface area (Å²) in [5.74, 6) is -1.14. The van der Waals surface area contributed by atoms with Crippen LogP contribution in [0.5, 0.6) is 0 Å². The summed E-state index contributed by atoms with van der Waals surface area (Å²) < 4.78 is 30.6. The first-order chi connectivity index (χ1) is 7.99. The Bertz CT molecular complexity index is 337. The van der Waals surface area contributed by atoms with Crippen LogP contribution in [0.4, 0.5) is 0 Å². The molecule has 100 valence electrons. The summed E-state index contributed by atoms with van der Waals surface area (Å²) in [7, 11) is -3.39. The fraction of sp³-hybridized carbons (Fsp3) is 0.889. The van der Waals surface area contributed by atoms with Crippen molar-refractivity contribution in [1.29, 1.82) is 0 Å². The van der Waals surface area contributed by atoms with E-state index in [4.69, 9.17) is 9.84 Å². The third-order valence-electron chi connectivity index (χ3n) is 2.35. The molecule has 0 aliphatic carbocycles. The number of carboxylic acid groups (broad SMARTS) is 1. The molecule has 0 aromatic carbocycles. The molecule has 0 radical (unpaired) electrons. The number of carboxylic acids is 1. The summed E-state index contributed by atoms with van der Waals surface area (Å²) in [6.07, 6.45) is -0.00897. The Kier molecular flexibility index (Phi) is 5.83. The number of carbonyl (C=O) groups is 1. The van der Waals surface area contributed by atoms with Gasteiger partial charge in [-0.1, -0.05) is 0 Å². The minimum atomic E-state index is -3.39. The van der Waals surface area contributed by atoms with Gasteiger partial charge in [0, 0.05) is 25.6 Å². The van der Waals surface area contributed by atoms with Crippen molar-refractivity contribution in [3.8, 4) is 0 Å². The van der Waals surface area contributed by atoms with E-state index in [0.717, 1.165) is 0 Å². The molecule has 1 aliphatic rings. The van der Waals surface area contributed by atoms with Crippen LogP contribution in [0.3, 0.4) is 0 Å². The van der Waals surface area contributed by atoms with Crippen molar-refractivity contribution in [2.45, 2.75) is 18.9 Å². The molecule has 1 atom stereocenters. The monoisotopic (exact) mass is 266 g/mol. The topological polar surface area (TPSA) is 105 Å². The average Bonchev–Trinajstić information content (AvgIpc) is 2.27. The number of ether oxygens (including phenoxy) is 1. The van der Waals surface area contributed by atoms with E-state index in [1.165, 1.54) is 0 Å². The van der Waals surface area contributed by atoms with Crippen LogP contribution in [0.15, 0.2) is 0 Å². The van der Waals surface area contributed by atoms with E-state index in [-0.39, 0.29) is 31.2 Å². The number of hydrogen-bond donors (Lipinski definition) is 3. The summed E-state index contributed by atoms with van der Waals surface area (Å²) in [6.45, 7) is 2.11. The Morgan fingerprint density at radius 3 is 2.88 bits per heavy atom. The van der Waals surface area contributed by atoms with E-state index in [0.29, 0.717) is 19.8 Å². The fourth-order valence-corrected chi connectivity index (χ4v) is 2.59. The van der Waals surface area contributed by atoms with Gasteiger partial charge in [0.15, 0.2) is 0 Å². The Hall–Kier alpha value is -0.700. The van der Waals surface area contributed by atoms with Crippen molar-refractivity contribution in [3.05, 3.63) is 0 Å². The number of aliphatic carboxylic acids is 1. The second kappa shape index (κ2) is 6.90. The molecule has 1 rings (SSSR count). The van der Waals surface area contributed by atoms with Gasteiger partial charge in [0.1, 0.15) is 0 Å². The second-order valence-electron chi connectivity index (χ2n) is 3.89. The predicted molar refractivity (Wildman–Crippen MR) is 61.3 cm³/mol. The largest absolute Gasteiger partial charge is 0.481 e. The first kappa shape index (κ1) is 14.4. The Morgan fingerprint density at radius 1 is 1.53 bits per heavy atom. The smallest absolute Gasteiger partial charge is 0.303 e. The third-order valence-corrected chi connectivity index (χ3v) is 3.78. The summed E-state index contributed by atoms with van der Waals surface area (Å²) in [5, 5.41) is 11.5. The van der Waals surface area contributed by atoms with Crippen LogP contribution in [0, 0.1) is 0 Å². The predicted octanol–water partition coefficient (Wildman–Crippen LogP) is -1.24. The van der Waals surface area contributed by atoms with Crippen molar-refractivity contribution >= 4 is 16.0 Å². The SMILES string of the molecule is O=C(O)CCCS(=O)(=O)NCC1COCCN1. The normalized spacial score (nSPS) is 21.3. The molecule has 0 saturated carbocycles. The van der Waals surface area contributed by atoms with E-state index >= 15 is 0 Å². The van der Waals surface area contributed by atoms with E-state index in [1.807, 2.05) is 0 Å². The molecule has 1 aliphatic heterocycles. The van der Waals surface area contributed by atoms with Crippen LogP contribution in [0.1, 0.15) is 12.8 Å². The third kappa shape index (κ3) is 6.57. The van der Waals surface area contributed by atoms with Gasteiger partial charge in [-0.25, -0.2) is 13.1 Å². The zero-order valence-corrected chi connectivity index (χ0v) is 10.3. The molecular formula is C9H18N2O5S. The van der Waals surface area contributed by atoms with Crippen molar-refractivity contribution < 1.29 is 23.1 Å². The molecule has 3 N–H and O–H groups in total. The summed E-state index contributed by atoms with van der Waals surface area (Å²) in [4.78, 5) is 10.2. The van der Waals surface area contributed by atoms with E-state index in [1.54, 1.807) is 0 Å². The Morgan fingerprint density at radius 2 is 2.29 bits per heavy atom. The molecule has 7 nitrogen and oxygen atoms in total. The van der Waals surface area contributed by atoms with Gasteiger partial charge in [-0.3, -0.25) is 4.79 Å². The highest BCUT2D eigenvalue weighted by molar-refractivity contribution is 7.89. The van der Waals surface area contributed by atoms with Gasteiger partial charge < -0.3 is 15.2 Å². The lowest BCUT2D eigenvalue weighted by Gasteiger charge is -2.23. The molecule has 1 unspecified atom stereocenters. The molecule has 0 aromatic rings. The number of nitrogens with one attached hydrogen (secondary N) is 2. The first-order valence-corrected chi connectivity index (χ1v) is 7.15. The van der Waals surface area contributed by atoms with Gasteiger partial charge in [-0.2, -0.15) is 0 Å². The van der Waals surface area contributed by atoms with E-state index in [2.05, 4.69) is 10.0 Å². The highest BCUT2D eigenvalue weighted by Crippen LogP contribution is 1.97. The van der Waals surface area contributed by atoms with Crippen molar-refractivity contribution in [1.82, 2.24) is 10.0 Å². The molecule has 1 fully saturated rings. The standard InChI is InChI=1S/C9H18N2O5S/c12-9(13)2-1-5-17(14,15)11-6-8-7-16-4-3-10-8/h8,10-11H,1-7H2,(H,12,13). The maximum Gasteiger partial charge on any atom is 0.303 e. The van der Waals surface area contributed by atoms with Gasteiger partial charge in [-0.15, -0.1) is 0 Å². The van der Waals surface area contributed by atoms with Crippen LogP contribution in [0.2, 0.25) is 0 Å². The quantitative estimate of drug-likeness (QED) is 0.532. The van der Waals surface area contributed by atoms with Gasteiger partial charge in [-0.05, 0) is 6.42 Å². The van der Waals surface area contributed by atoms with Crippen LogP contribution >= 0.6 is 0 Å². The molecule has 1 heterocycles. The van der Waals surface area contributed by atoms with Gasteiger partial charge in [0.05, 0.1) is 19.0 Å². The maximum atomic E-state index is 11.5. The highest BCUT2D eigenvalue weighted by atomic mass is 32.2. The van der Waals surface area contributed by atoms with Crippen LogP contribution in [-0.2, 0) is 19.6 Å². The minimum Gasteiger partial charge on any atom is -0.481 e. The van der Waals surface area contributed by atoms with Crippen LogP contribution in [-0.4, -0.2) is 57.6 Å². The van der Waals surface area contributed by atoms with Crippen molar-refractivity contribution in [2.24, 2.45) is 0 Å².